The maximum atomic E-state index is 14.8. The Morgan fingerprint density at radius 3 is 2.48 bits per heavy atom. The molecule has 2 atom stereocenters. The van der Waals surface area contributed by atoms with Crippen molar-refractivity contribution in [2.45, 2.75) is 64.9 Å². The van der Waals surface area contributed by atoms with Crippen molar-refractivity contribution < 1.29 is 27.4 Å². The van der Waals surface area contributed by atoms with Crippen molar-refractivity contribution in [2.75, 3.05) is 13.2 Å². The average molecular weight is 434 g/mol. The minimum Gasteiger partial charge on any atom is -0.490 e. The normalized spacial score (nSPS) is 20.0. The van der Waals surface area contributed by atoms with Crippen LogP contribution in [-0.2, 0) is 17.6 Å². The van der Waals surface area contributed by atoms with Gasteiger partial charge in [-0.25, -0.2) is 4.39 Å². The van der Waals surface area contributed by atoms with Crippen LogP contribution in [0.3, 0.4) is 0 Å². The van der Waals surface area contributed by atoms with Crippen LogP contribution >= 0.6 is 0 Å². The average Bonchev–Trinajstić information content (AvgIpc) is 2.78. The van der Waals surface area contributed by atoms with Gasteiger partial charge in [0.05, 0.1) is 19.3 Å². The number of fused-ring (bicyclic) bond motifs is 2. The van der Waals surface area contributed by atoms with E-state index in [1.165, 1.54) is 6.07 Å². The minimum absolute atomic E-state index is 0.00796. The van der Waals surface area contributed by atoms with Crippen LogP contribution in [0, 0.1) is 23.4 Å². The smallest absolute Gasteiger partial charge is 0.205 e. The Morgan fingerprint density at radius 1 is 0.968 bits per heavy atom. The Balaban J connectivity index is 1.49. The predicted molar refractivity (Wildman–Crippen MR) is 113 cm³/mol. The molecule has 6 heteroatoms. The Morgan fingerprint density at radius 2 is 1.77 bits per heavy atom. The second kappa shape index (κ2) is 9.51. The summed E-state index contributed by atoms with van der Waals surface area (Å²) < 4.78 is 61.3. The SMILES string of the molecule is CCCc1ccc2c(c1F)Oc1c(cc(OCC3CCC(CCC)OC3)c(F)c1F)C2. The van der Waals surface area contributed by atoms with Crippen molar-refractivity contribution in [3.05, 3.63) is 52.3 Å². The molecule has 2 aromatic carbocycles. The number of ether oxygens (including phenoxy) is 3. The summed E-state index contributed by atoms with van der Waals surface area (Å²) in [5, 5.41) is 0. The molecule has 2 unspecified atom stereocenters. The molecule has 2 aromatic rings. The van der Waals surface area contributed by atoms with Crippen LogP contribution < -0.4 is 9.47 Å². The number of hydrogen-bond acceptors (Lipinski definition) is 3. The molecule has 31 heavy (non-hydrogen) atoms. The Hall–Kier alpha value is -2.21. The first-order valence-corrected chi connectivity index (χ1v) is 11.2. The molecule has 1 saturated heterocycles. The molecule has 168 valence electrons. The van der Waals surface area contributed by atoms with Gasteiger partial charge in [-0.1, -0.05) is 38.8 Å². The molecule has 0 spiro atoms. The van der Waals surface area contributed by atoms with E-state index in [0.717, 1.165) is 32.1 Å². The number of hydrogen-bond donors (Lipinski definition) is 0. The lowest BCUT2D eigenvalue weighted by molar-refractivity contribution is -0.0310. The molecule has 0 N–H and O–H groups in total. The molecule has 0 aliphatic carbocycles. The van der Waals surface area contributed by atoms with Crippen LogP contribution in [0.25, 0.3) is 0 Å². The van der Waals surface area contributed by atoms with E-state index in [0.29, 0.717) is 29.7 Å². The maximum Gasteiger partial charge on any atom is 0.205 e. The van der Waals surface area contributed by atoms with Gasteiger partial charge in [-0.15, -0.1) is 0 Å². The maximum absolute atomic E-state index is 14.8. The van der Waals surface area contributed by atoms with Crippen molar-refractivity contribution in [3.63, 3.8) is 0 Å². The molecule has 0 bridgehead atoms. The van der Waals surface area contributed by atoms with E-state index in [4.69, 9.17) is 14.2 Å². The van der Waals surface area contributed by atoms with Gasteiger partial charge >= 0.3 is 0 Å². The van der Waals surface area contributed by atoms with Crippen LogP contribution in [0.4, 0.5) is 13.2 Å². The summed E-state index contributed by atoms with van der Waals surface area (Å²) in [7, 11) is 0. The molecule has 0 radical (unpaired) electrons. The highest BCUT2D eigenvalue weighted by Crippen LogP contribution is 2.43. The van der Waals surface area contributed by atoms with E-state index in [9.17, 15) is 13.2 Å². The number of rotatable bonds is 7. The van der Waals surface area contributed by atoms with Gasteiger partial charge in [0.15, 0.2) is 23.1 Å². The van der Waals surface area contributed by atoms with E-state index >= 15 is 0 Å². The van der Waals surface area contributed by atoms with Gasteiger partial charge in [0.25, 0.3) is 0 Å². The van der Waals surface area contributed by atoms with E-state index in [1.54, 1.807) is 12.1 Å². The molecule has 2 aliphatic heterocycles. The van der Waals surface area contributed by atoms with Crippen molar-refractivity contribution >= 4 is 0 Å². The molecule has 2 heterocycles. The lowest BCUT2D eigenvalue weighted by Gasteiger charge is -2.29. The summed E-state index contributed by atoms with van der Waals surface area (Å²) in [6.07, 6.45) is 5.90. The van der Waals surface area contributed by atoms with Gasteiger partial charge in [0, 0.05) is 23.5 Å². The monoisotopic (exact) mass is 434 g/mol. The molecule has 0 saturated carbocycles. The van der Waals surface area contributed by atoms with Gasteiger partial charge in [-0.3, -0.25) is 0 Å². The van der Waals surface area contributed by atoms with Crippen LogP contribution in [0.15, 0.2) is 18.2 Å². The molecule has 0 aromatic heterocycles. The lowest BCUT2D eigenvalue weighted by Crippen LogP contribution is -2.29. The first kappa shape index (κ1) is 22.0. The van der Waals surface area contributed by atoms with E-state index < -0.39 is 17.5 Å². The largest absolute Gasteiger partial charge is 0.490 e. The Labute approximate surface area is 181 Å². The summed E-state index contributed by atoms with van der Waals surface area (Å²) in [5.74, 6) is -2.99. The summed E-state index contributed by atoms with van der Waals surface area (Å²) in [4.78, 5) is 0. The quantitative estimate of drug-likeness (QED) is 0.413. The van der Waals surface area contributed by atoms with Crippen LogP contribution in [0.5, 0.6) is 17.2 Å². The zero-order valence-corrected chi connectivity index (χ0v) is 18.1. The van der Waals surface area contributed by atoms with Crippen molar-refractivity contribution in [3.8, 4) is 17.2 Å². The molecule has 3 nitrogen and oxygen atoms in total. The molecule has 1 fully saturated rings. The van der Waals surface area contributed by atoms with Gasteiger partial charge in [0.1, 0.15) is 0 Å². The number of aryl methyl sites for hydroxylation is 1. The summed E-state index contributed by atoms with van der Waals surface area (Å²) in [6, 6.07) is 5.00. The van der Waals surface area contributed by atoms with Crippen molar-refractivity contribution in [1.29, 1.82) is 0 Å². The zero-order chi connectivity index (χ0) is 22.0. The van der Waals surface area contributed by atoms with Crippen molar-refractivity contribution in [1.82, 2.24) is 0 Å². The first-order valence-electron chi connectivity index (χ1n) is 11.2. The van der Waals surface area contributed by atoms with Crippen LogP contribution in [0.1, 0.15) is 62.6 Å². The Bertz CT molecular complexity index is 936. The highest BCUT2D eigenvalue weighted by atomic mass is 19.2. The van der Waals surface area contributed by atoms with Gasteiger partial charge in [0.2, 0.25) is 11.6 Å². The molecular formula is C25H29F3O3. The second-order valence-electron chi connectivity index (χ2n) is 8.55. The minimum atomic E-state index is -1.14. The van der Waals surface area contributed by atoms with Crippen molar-refractivity contribution in [2.24, 2.45) is 5.92 Å². The first-order chi connectivity index (χ1) is 15.0. The number of halogens is 3. The fourth-order valence-electron chi connectivity index (χ4n) is 4.39. The third-order valence-electron chi connectivity index (χ3n) is 6.12. The molecule has 0 amide bonds. The molecule has 4 rings (SSSR count). The second-order valence-corrected chi connectivity index (χ2v) is 8.55. The van der Waals surface area contributed by atoms with Gasteiger partial charge in [-0.2, -0.15) is 8.78 Å². The summed E-state index contributed by atoms with van der Waals surface area (Å²) in [5.41, 5.74) is 1.58. The fourth-order valence-corrected chi connectivity index (χ4v) is 4.39. The van der Waals surface area contributed by atoms with Crippen LogP contribution in [0.2, 0.25) is 0 Å². The number of benzene rings is 2. The highest BCUT2D eigenvalue weighted by Gasteiger charge is 2.29. The zero-order valence-electron chi connectivity index (χ0n) is 18.1. The van der Waals surface area contributed by atoms with Gasteiger partial charge in [-0.05, 0) is 37.3 Å². The van der Waals surface area contributed by atoms with E-state index in [2.05, 4.69) is 6.92 Å². The highest BCUT2D eigenvalue weighted by molar-refractivity contribution is 5.54. The van der Waals surface area contributed by atoms with E-state index in [1.807, 2.05) is 6.92 Å². The summed E-state index contributed by atoms with van der Waals surface area (Å²) >= 11 is 0. The van der Waals surface area contributed by atoms with Crippen LogP contribution in [-0.4, -0.2) is 19.3 Å². The third-order valence-corrected chi connectivity index (χ3v) is 6.12. The summed E-state index contributed by atoms with van der Waals surface area (Å²) in [6.45, 7) is 4.91. The standard InChI is InChI=1S/C25H29F3O3/c1-3-5-16-8-9-17-11-18-12-20(22(27)23(28)25(18)31-24(17)21(16)26)30-14-15-7-10-19(6-4-2)29-13-15/h8-9,12,15,19H,3-7,10-11,13-14H2,1-2H3. The third kappa shape index (κ3) is 4.54. The topological polar surface area (TPSA) is 27.7 Å². The van der Waals surface area contributed by atoms with E-state index in [-0.39, 0.29) is 42.3 Å². The predicted octanol–water partition coefficient (Wildman–Crippen LogP) is 6.73. The van der Waals surface area contributed by atoms with Gasteiger partial charge < -0.3 is 14.2 Å². The fraction of sp³-hybridized carbons (Fsp3) is 0.520. The molecule has 2 aliphatic rings. The lowest BCUT2D eigenvalue weighted by atomic mass is 9.96. The molecular weight excluding hydrogens is 405 g/mol. The Kier molecular flexibility index (Phi) is 6.75.